The minimum Gasteiger partial charge on any atom is -0.466 e. The van der Waals surface area contributed by atoms with Crippen LogP contribution in [0.15, 0.2) is 22.9 Å². The average Bonchev–Trinajstić information content (AvgIpc) is 3.14. The quantitative estimate of drug-likeness (QED) is 0.578. The normalized spacial score (nSPS) is 10.5. The standard InChI is InChI=1S/C14H18N4O3S2/c1-3-18-6-5-15-14(18)23-9-11(19)17-13-16-10(8-22-13)7-12(20)21-4-2/h5-6,8H,3-4,7,9H2,1-2H3,(H,16,17,19). The van der Waals surface area contributed by atoms with Crippen molar-refractivity contribution in [2.45, 2.75) is 32.0 Å². The van der Waals surface area contributed by atoms with Crippen LogP contribution >= 0.6 is 23.1 Å². The fraction of sp³-hybridized carbons (Fsp3) is 0.429. The summed E-state index contributed by atoms with van der Waals surface area (Å²) in [5.41, 5.74) is 0.595. The molecule has 0 aliphatic carbocycles. The third-order valence-corrected chi connectivity index (χ3v) is 4.59. The number of nitrogens with zero attached hydrogens (tertiary/aromatic N) is 3. The number of esters is 1. The highest BCUT2D eigenvalue weighted by atomic mass is 32.2. The molecule has 1 amide bonds. The van der Waals surface area contributed by atoms with E-state index in [0.717, 1.165) is 11.7 Å². The van der Waals surface area contributed by atoms with E-state index in [9.17, 15) is 9.59 Å². The number of thioether (sulfide) groups is 1. The van der Waals surface area contributed by atoms with Gasteiger partial charge in [-0.3, -0.25) is 9.59 Å². The average molecular weight is 354 g/mol. The maximum atomic E-state index is 11.9. The van der Waals surface area contributed by atoms with Crippen molar-refractivity contribution in [2.75, 3.05) is 17.7 Å². The van der Waals surface area contributed by atoms with Crippen LogP contribution in [0.4, 0.5) is 5.13 Å². The minimum absolute atomic E-state index is 0.114. The summed E-state index contributed by atoms with van der Waals surface area (Å²) in [6.07, 6.45) is 3.71. The first-order valence-corrected chi connectivity index (χ1v) is 9.02. The molecule has 0 unspecified atom stereocenters. The predicted octanol–water partition coefficient (Wildman–Crippen LogP) is 2.20. The number of hydrogen-bond acceptors (Lipinski definition) is 7. The summed E-state index contributed by atoms with van der Waals surface area (Å²) in [4.78, 5) is 31.7. The van der Waals surface area contributed by atoms with E-state index in [1.165, 1.54) is 23.1 Å². The van der Waals surface area contributed by atoms with Gasteiger partial charge in [-0.2, -0.15) is 0 Å². The number of amides is 1. The highest BCUT2D eigenvalue weighted by Gasteiger charge is 2.11. The first kappa shape index (κ1) is 17.5. The van der Waals surface area contributed by atoms with E-state index in [0.29, 0.717) is 17.4 Å². The molecule has 1 N–H and O–H groups in total. The zero-order valence-corrected chi connectivity index (χ0v) is 14.6. The van der Waals surface area contributed by atoms with Crippen molar-refractivity contribution in [2.24, 2.45) is 0 Å². The molecule has 2 rings (SSSR count). The maximum absolute atomic E-state index is 11.9. The third kappa shape index (κ3) is 5.36. The van der Waals surface area contributed by atoms with Crippen molar-refractivity contribution < 1.29 is 14.3 Å². The number of carbonyl (C=O) groups is 2. The van der Waals surface area contributed by atoms with E-state index in [4.69, 9.17) is 4.74 Å². The van der Waals surface area contributed by atoms with Crippen LogP contribution < -0.4 is 5.32 Å². The van der Waals surface area contributed by atoms with Gasteiger partial charge in [0.2, 0.25) is 5.91 Å². The number of ether oxygens (including phenoxy) is 1. The van der Waals surface area contributed by atoms with Gasteiger partial charge in [-0.1, -0.05) is 11.8 Å². The Morgan fingerprint density at radius 3 is 3.00 bits per heavy atom. The topological polar surface area (TPSA) is 86.1 Å². The number of imidazole rings is 1. The molecule has 0 atom stereocenters. The summed E-state index contributed by atoms with van der Waals surface area (Å²) in [6.45, 7) is 4.93. The van der Waals surface area contributed by atoms with Crippen LogP contribution in [-0.2, 0) is 27.3 Å². The van der Waals surface area contributed by atoms with Crippen LogP contribution in [0.3, 0.4) is 0 Å². The lowest BCUT2D eigenvalue weighted by atomic mass is 10.3. The minimum atomic E-state index is -0.322. The Balaban J connectivity index is 1.81. The molecule has 0 saturated carbocycles. The van der Waals surface area contributed by atoms with Gasteiger partial charge in [-0.05, 0) is 13.8 Å². The number of rotatable bonds is 8. The van der Waals surface area contributed by atoms with E-state index in [1.807, 2.05) is 17.7 Å². The molecule has 23 heavy (non-hydrogen) atoms. The number of anilines is 1. The molecule has 7 nitrogen and oxygen atoms in total. The Bertz CT molecular complexity index is 669. The van der Waals surface area contributed by atoms with Crippen molar-refractivity contribution in [3.05, 3.63) is 23.5 Å². The summed E-state index contributed by atoms with van der Waals surface area (Å²) in [7, 11) is 0. The van der Waals surface area contributed by atoms with E-state index in [2.05, 4.69) is 15.3 Å². The number of aromatic nitrogens is 3. The van der Waals surface area contributed by atoms with Gasteiger partial charge in [0.25, 0.3) is 0 Å². The van der Waals surface area contributed by atoms with Crippen molar-refractivity contribution in [3.63, 3.8) is 0 Å². The Kier molecular flexibility index (Phi) is 6.60. The van der Waals surface area contributed by atoms with Gasteiger partial charge in [-0.25, -0.2) is 9.97 Å². The summed E-state index contributed by atoms with van der Waals surface area (Å²) in [5, 5.41) is 5.76. The maximum Gasteiger partial charge on any atom is 0.311 e. The number of hydrogen-bond donors (Lipinski definition) is 1. The van der Waals surface area contributed by atoms with Crippen LogP contribution in [0.2, 0.25) is 0 Å². The van der Waals surface area contributed by atoms with Crippen molar-refractivity contribution >= 4 is 40.1 Å². The Hall–Kier alpha value is -1.87. The van der Waals surface area contributed by atoms with Gasteiger partial charge in [0, 0.05) is 24.3 Å². The number of aryl methyl sites for hydroxylation is 1. The zero-order chi connectivity index (χ0) is 16.7. The van der Waals surface area contributed by atoms with Crippen molar-refractivity contribution in [1.82, 2.24) is 14.5 Å². The molecular formula is C14H18N4O3S2. The fourth-order valence-corrected chi connectivity index (χ4v) is 3.32. The highest BCUT2D eigenvalue weighted by molar-refractivity contribution is 7.99. The molecular weight excluding hydrogens is 336 g/mol. The lowest BCUT2D eigenvalue weighted by Crippen LogP contribution is -2.14. The molecule has 0 fully saturated rings. The second-order valence-corrected chi connectivity index (χ2v) is 6.26. The van der Waals surface area contributed by atoms with Gasteiger partial charge >= 0.3 is 5.97 Å². The fourth-order valence-electron chi connectivity index (χ4n) is 1.77. The summed E-state index contributed by atoms with van der Waals surface area (Å²) < 4.78 is 6.83. The molecule has 0 aliphatic heterocycles. The Morgan fingerprint density at radius 1 is 1.43 bits per heavy atom. The van der Waals surface area contributed by atoms with Gasteiger partial charge < -0.3 is 14.6 Å². The van der Waals surface area contributed by atoms with Gasteiger partial charge in [0.1, 0.15) is 0 Å². The Morgan fingerprint density at radius 2 is 2.26 bits per heavy atom. The van der Waals surface area contributed by atoms with Gasteiger partial charge in [-0.15, -0.1) is 11.3 Å². The van der Waals surface area contributed by atoms with Crippen molar-refractivity contribution in [3.8, 4) is 0 Å². The molecule has 0 saturated heterocycles. The first-order chi connectivity index (χ1) is 11.1. The van der Waals surface area contributed by atoms with E-state index >= 15 is 0 Å². The van der Waals surface area contributed by atoms with E-state index < -0.39 is 0 Å². The number of carbonyl (C=O) groups excluding carboxylic acids is 2. The molecule has 9 heteroatoms. The molecule has 124 valence electrons. The molecule has 2 aromatic rings. The molecule has 0 spiro atoms. The SMILES string of the molecule is CCOC(=O)Cc1csc(NC(=O)CSc2nccn2CC)n1. The summed E-state index contributed by atoms with van der Waals surface area (Å²) in [6, 6.07) is 0. The van der Waals surface area contributed by atoms with Crippen LogP contribution in [0, 0.1) is 0 Å². The Labute approximate surface area is 142 Å². The number of nitrogens with one attached hydrogen (secondary N) is 1. The molecule has 0 bridgehead atoms. The molecule has 2 aromatic heterocycles. The molecule has 0 aliphatic rings. The third-order valence-electron chi connectivity index (χ3n) is 2.78. The van der Waals surface area contributed by atoms with E-state index in [-0.39, 0.29) is 24.1 Å². The molecule has 2 heterocycles. The zero-order valence-electron chi connectivity index (χ0n) is 12.9. The molecule has 0 radical (unpaired) electrons. The summed E-state index contributed by atoms with van der Waals surface area (Å²) >= 11 is 2.66. The lowest BCUT2D eigenvalue weighted by Gasteiger charge is -2.04. The first-order valence-electron chi connectivity index (χ1n) is 7.16. The van der Waals surface area contributed by atoms with Crippen LogP contribution in [0.25, 0.3) is 0 Å². The van der Waals surface area contributed by atoms with Crippen molar-refractivity contribution in [1.29, 1.82) is 0 Å². The second-order valence-electron chi connectivity index (χ2n) is 4.46. The van der Waals surface area contributed by atoms with Crippen LogP contribution in [0.1, 0.15) is 19.5 Å². The molecule has 0 aromatic carbocycles. The highest BCUT2D eigenvalue weighted by Crippen LogP contribution is 2.19. The second kappa shape index (κ2) is 8.68. The smallest absolute Gasteiger partial charge is 0.311 e. The predicted molar refractivity (Wildman–Crippen MR) is 89.7 cm³/mol. The largest absolute Gasteiger partial charge is 0.466 e. The van der Waals surface area contributed by atoms with Gasteiger partial charge in [0.05, 0.1) is 24.5 Å². The lowest BCUT2D eigenvalue weighted by molar-refractivity contribution is -0.142. The van der Waals surface area contributed by atoms with Crippen LogP contribution in [-0.4, -0.2) is 38.8 Å². The monoisotopic (exact) mass is 354 g/mol. The summed E-state index contributed by atoms with van der Waals surface area (Å²) in [5.74, 6) is -0.223. The number of thiazole rings is 1. The van der Waals surface area contributed by atoms with Gasteiger partial charge in [0.15, 0.2) is 10.3 Å². The van der Waals surface area contributed by atoms with Crippen LogP contribution in [0.5, 0.6) is 0 Å². The van der Waals surface area contributed by atoms with E-state index in [1.54, 1.807) is 18.5 Å².